The highest BCUT2D eigenvalue weighted by molar-refractivity contribution is 6.33. The van der Waals surface area contributed by atoms with E-state index in [1.165, 1.54) is 4.52 Å². The van der Waals surface area contributed by atoms with Gasteiger partial charge in [0.25, 0.3) is 5.56 Å². The van der Waals surface area contributed by atoms with Crippen LogP contribution in [0.5, 0.6) is 0 Å². The molecule has 2 N–H and O–H groups in total. The normalized spacial score (nSPS) is 18.6. The zero-order valence-electron chi connectivity index (χ0n) is 16.4. The molecule has 4 heterocycles. The fourth-order valence-corrected chi connectivity index (χ4v) is 4.20. The lowest BCUT2D eigenvalue weighted by atomic mass is 9.89. The molecule has 2 atom stereocenters. The van der Waals surface area contributed by atoms with Gasteiger partial charge in [-0.25, -0.2) is 4.52 Å². The van der Waals surface area contributed by atoms with E-state index in [4.69, 9.17) is 22.4 Å². The molecule has 0 bridgehead atoms. The predicted molar refractivity (Wildman–Crippen MR) is 114 cm³/mol. The minimum atomic E-state index is -0.230. The average Bonchev–Trinajstić information content (AvgIpc) is 3.07. The maximum atomic E-state index is 13.5. The summed E-state index contributed by atoms with van der Waals surface area (Å²) < 4.78 is 3.15. The van der Waals surface area contributed by atoms with Crippen molar-refractivity contribution in [2.45, 2.75) is 19.9 Å². The highest BCUT2D eigenvalue weighted by Crippen LogP contribution is 2.40. The third-order valence-corrected chi connectivity index (χ3v) is 5.62. The van der Waals surface area contributed by atoms with Crippen LogP contribution in [0.15, 0.2) is 47.4 Å². The number of fused-ring (bicyclic) bond motifs is 1. The molecule has 0 spiro atoms. The fourth-order valence-electron chi connectivity index (χ4n) is 3.97. The molecule has 10 heteroatoms. The number of nitrogens with zero attached hydrogens (tertiary/aromatic N) is 7. The van der Waals surface area contributed by atoms with Crippen LogP contribution in [-0.2, 0) is 0 Å². The number of halogens is 1. The lowest BCUT2D eigenvalue weighted by Gasteiger charge is -2.46. The first-order valence-electron chi connectivity index (χ1n) is 9.54. The molecule has 1 aliphatic rings. The molecule has 3 aromatic heterocycles. The number of para-hydroxylation sites is 1. The van der Waals surface area contributed by atoms with Crippen molar-refractivity contribution in [2.24, 2.45) is 5.92 Å². The number of aromatic nitrogens is 6. The number of hydrogen-bond donors (Lipinski definition) is 1. The second-order valence-electron chi connectivity index (χ2n) is 7.41. The third-order valence-electron chi connectivity index (χ3n) is 5.31. The first-order chi connectivity index (χ1) is 14.4. The summed E-state index contributed by atoms with van der Waals surface area (Å²) in [6, 6.07) is 10.9. The van der Waals surface area contributed by atoms with Crippen molar-refractivity contribution in [1.82, 2.24) is 29.1 Å². The zero-order valence-corrected chi connectivity index (χ0v) is 17.2. The van der Waals surface area contributed by atoms with E-state index in [-0.39, 0.29) is 23.5 Å². The molecule has 0 amide bonds. The molecular formula is C20H19ClN8O. The van der Waals surface area contributed by atoms with Gasteiger partial charge in [-0.05, 0) is 25.1 Å². The van der Waals surface area contributed by atoms with Crippen LogP contribution in [0.4, 0.5) is 11.9 Å². The largest absolute Gasteiger partial charge is 0.368 e. The van der Waals surface area contributed by atoms with Gasteiger partial charge < -0.3 is 10.6 Å². The van der Waals surface area contributed by atoms with Crippen LogP contribution in [0.25, 0.3) is 11.2 Å². The Hall–Kier alpha value is -3.46. The molecule has 1 saturated heterocycles. The Morgan fingerprint density at radius 2 is 1.90 bits per heavy atom. The Balaban J connectivity index is 1.74. The van der Waals surface area contributed by atoms with Gasteiger partial charge in [-0.2, -0.15) is 20.1 Å². The Labute approximate surface area is 176 Å². The number of benzene rings is 1. The van der Waals surface area contributed by atoms with E-state index in [0.29, 0.717) is 34.7 Å². The lowest BCUT2D eigenvalue weighted by Crippen LogP contribution is -2.52. The van der Waals surface area contributed by atoms with E-state index < -0.39 is 0 Å². The molecule has 5 rings (SSSR count). The van der Waals surface area contributed by atoms with Gasteiger partial charge in [0.2, 0.25) is 11.9 Å². The number of rotatable bonds is 3. The lowest BCUT2D eigenvalue weighted by molar-refractivity contribution is 0.297. The van der Waals surface area contributed by atoms with Gasteiger partial charge in [0, 0.05) is 18.7 Å². The molecule has 4 aromatic rings. The Morgan fingerprint density at radius 3 is 2.60 bits per heavy atom. The van der Waals surface area contributed by atoms with Gasteiger partial charge >= 0.3 is 0 Å². The van der Waals surface area contributed by atoms with Crippen molar-refractivity contribution in [2.75, 3.05) is 17.2 Å². The topological polar surface area (TPSA) is 107 Å². The summed E-state index contributed by atoms with van der Waals surface area (Å²) in [5, 5.41) is 5.14. The third kappa shape index (κ3) is 2.81. The molecular weight excluding hydrogens is 404 g/mol. The summed E-state index contributed by atoms with van der Waals surface area (Å²) in [7, 11) is 0. The van der Waals surface area contributed by atoms with E-state index in [1.54, 1.807) is 23.8 Å². The number of hydrogen-bond acceptors (Lipinski definition) is 7. The van der Waals surface area contributed by atoms with Crippen molar-refractivity contribution in [3.8, 4) is 5.69 Å². The molecule has 1 aliphatic heterocycles. The number of nitrogen functional groups attached to an aromatic ring is 1. The summed E-state index contributed by atoms with van der Waals surface area (Å²) in [6.07, 6.45) is 1.69. The van der Waals surface area contributed by atoms with Crippen LogP contribution in [0.1, 0.15) is 24.6 Å². The molecule has 152 valence electrons. The van der Waals surface area contributed by atoms with Crippen LogP contribution >= 0.6 is 11.6 Å². The molecule has 9 nitrogen and oxygen atoms in total. The zero-order chi connectivity index (χ0) is 21.0. The van der Waals surface area contributed by atoms with E-state index in [1.807, 2.05) is 35.2 Å². The molecule has 0 saturated carbocycles. The SMILES string of the molecule is Cc1nc(N)nc(N2C[C@H](C)[C@H]2c2nn3ccc(Cl)c3c(=O)n2-c2ccccc2)n1. The molecule has 30 heavy (non-hydrogen) atoms. The first-order valence-corrected chi connectivity index (χ1v) is 9.92. The van der Waals surface area contributed by atoms with E-state index in [9.17, 15) is 4.79 Å². The summed E-state index contributed by atoms with van der Waals surface area (Å²) in [4.78, 5) is 28.3. The van der Waals surface area contributed by atoms with E-state index >= 15 is 0 Å². The van der Waals surface area contributed by atoms with Crippen molar-refractivity contribution in [1.29, 1.82) is 0 Å². The van der Waals surface area contributed by atoms with Crippen LogP contribution in [0.2, 0.25) is 5.02 Å². The standard InChI is InChI=1S/C20H19ClN8O/c1-11-10-27(20-24-12(2)23-19(22)25-20)15(11)17-26-28-9-8-14(21)16(28)18(30)29(17)13-6-4-3-5-7-13/h3-9,11,15H,10H2,1-2H3,(H2,22,23,24,25)/t11-,15-/m0/s1. The minimum Gasteiger partial charge on any atom is -0.368 e. The molecule has 1 aromatic carbocycles. The molecule has 0 radical (unpaired) electrons. The van der Waals surface area contributed by atoms with Crippen LogP contribution in [0.3, 0.4) is 0 Å². The van der Waals surface area contributed by atoms with Gasteiger partial charge in [-0.1, -0.05) is 36.7 Å². The Bertz CT molecular complexity index is 1300. The first kappa shape index (κ1) is 18.6. The second kappa shape index (κ2) is 6.81. The van der Waals surface area contributed by atoms with Crippen molar-refractivity contribution < 1.29 is 0 Å². The minimum absolute atomic E-state index is 0.164. The fraction of sp³-hybridized carbons (Fsp3) is 0.250. The van der Waals surface area contributed by atoms with Crippen molar-refractivity contribution >= 4 is 29.0 Å². The molecule has 0 aliphatic carbocycles. The van der Waals surface area contributed by atoms with Crippen molar-refractivity contribution in [3.63, 3.8) is 0 Å². The van der Waals surface area contributed by atoms with E-state index in [0.717, 1.165) is 5.69 Å². The predicted octanol–water partition coefficient (Wildman–Crippen LogP) is 2.41. The average molecular weight is 423 g/mol. The van der Waals surface area contributed by atoms with Gasteiger partial charge in [-0.15, -0.1) is 0 Å². The summed E-state index contributed by atoms with van der Waals surface area (Å²) >= 11 is 6.28. The molecule has 0 unspecified atom stereocenters. The highest BCUT2D eigenvalue weighted by atomic mass is 35.5. The second-order valence-corrected chi connectivity index (χ2v) is 7.81. The number of aryl methyl sites for hydroxylation is 1. The van der Waals surface area contributed by atoms with Crippen LogP contribution in [0, 0.1) is 12.8 Å². The number of anilines is 2. The van der Waals surface area contributed by atoms with Gasteiger partial charge in [0.1, 0.15) is 11.3 Å². The maximum absolute atomic E-state index is 13.5. The maximum Gasteiger partial charge on any atom is 0.284 e. The molecule has 1 fully saturated rings. The quantitative estimate of drug-likeness (QED) is 0.540. The summed E-state index contributed by atoms with van der Waals surface area (Å²) in [6.45, 7) is 4.58. The Morgan fingerprint density at radius 1 is 1.13 bits per heavy atom. The van der Waals surface area contributed by atoms with Crippen LogP contribution < -0.4 is 16.2 Å². The van der Waals surface area contributed by atoms with Crippen molar-refractivity contribution in [3.05, 3.63) is 69.6 Å². The van der Waals surface area contributed by atoms with Gasteiger partial charge in [0.15, 0.2) is 5.82 Å². The summed E-state index contributed by atoms with van der Waals surface area (Å²) in [5.74, 6) is 1.98. The highest BCUT2D eigenvalue weighted by Gasteiger charge is 2.42. The van der Waals surface area contributed by atoms with Crippen LogP contribution in [-0.4, -0.2) is 35.7 Å². The smallest absolute Gasteiger partial charge is 0.284 e. The summed E-state index contributed by atoms with van der Waals surface area (Å²) in [5.41, 5.74) is 6.66. The Kier molecular flexibility index (Phi) is 4.21. The monoisotopic (exact) mass is 422 g/mol. The van der Waals surface area contributed by atoms with E-state index in [2.05, 4.69) is 21.9 Å². The van der Waals surface area contributed by atoms with Gasteiger partial charge in [0.05, 0.1) is 16.8 Å². The van der Waals surface area contributed by atoms with Gasteiger partial charge in [-0.3, -0.25) is 9.36 Å². The number of nitrogens with two attached hydrogens (primary N) is 1.